The molecule has 4 fully saturated rings. The van der Waals surface area contributed by atoms with Crippen molar-refractivity contribution in [3.05, 3.63) is 40.7 Å². The molecule has 19 heteroatoms. The van der Waals surface area contributed by atoms with E-state index in [4.69, 9.17) is 10.5 Å². The van der Waals surface area contributed by atoms with Crippen LogP contribution in [0, 0.1) is 17.1 Å². The quantitative estimate of drug-likeness (QED) is 0.188. The lowest BCUT2D eigenvalue weighted by Crippen LogP contribution is -2.50. The van der Waals surface area contributed by atoms with E-state index in [9.17, 15) is 14.4 Å². The number of anilines is 2. The summed E-state index contributed by atoms with van der Waals surface area (Å²) in [5.41, 5.74) is -1.79. The lowest BCUT2D eigenvalue weighted by molar-refractivity contribution is -0.141. The number of amides is 2. The maximum Gasteiger partial charge on any atom is 0.419 e. The summed E-state index contributed by atoms with van der Waals surface area (Å²) in [5.74, 6) is -1.25. The molecule has 2 aromatic heterocycles. The van der Waals surface area contributed by atoms with Crippen LogP contribution in [0.15, 0.2) is 18.2 Å². The van der Waals surface area contributed by atoms with Gasteiger partial charge in [0.15, 0.2) is 0 Å². The number of nitrogens with two attached hydrogens (primary N) is 1. The van der Waals surface area contributed by atoms with Gasteiger partial charge in [0.05, 0.1) is 38.5 Å². The van der Waals surface area contributed by atoms with Crippen LogP contribution in [0.25, 0.3) is 32.1 Å². The van der Waals surface area contributed by atoms with Crippen molar-refractivity contribution in [1.29, 1.82) is 5.26 Å². The van der Waals surface area contributed by atoms with E-state index < -0.39 is 86.0 Å². The van der Waals surface area contributed by atoms with Crippen LogP contribution in [0.4, 0.5) is 50.7 Å². The number of benzene rings is 2. The molecule has 4 aliphatic heterocycles. The first-order valence-electron chi connectivity index (χ1n) is 18.2. The zero-order valence-electron chi connectivity index (χ0n) is 30.2. The zero-order valence-corrected chi connectivity index (χ0v) is 31.0. The molecule has 4 aliphatic rings. The number of carbonyl (C=O) groups excluding carboxylic acids is 1. The number of alkyl halides is 7. The summed E-state index contributed by atoms with van der Waals surface area (Å²) < 4.78 is 129. The molecule has 298 valence electrons. The lowest BCUT2D eigenvalue weighted by atomic mass is 9.88. The fourth-order valence-electron chi connectivity index (χ4n) is 9.31. The standard InChI is InChI=1S/C37H36F8N8O2S/c1-3-52(20-11-19-7-10-50(2)34(54)53(19)16-20)32-22-12-24(36(40,41)42)27(21-5-6-25(39)30-26(21)23(14-46)31(47)56-30)28(37(43,44)45)29(22)48-33(49-32)55-17-35-8-4-9-51(35)15-18(38)13-35/h5-6,12,18-20H,3-4,7-11,13,15-17,47H2,1-2H3. The topological polar surface area (TPSA) is 115 Å². The maximum atomic E-state index is 15.7. The number of nitrogens with zero attached hydrogens (tertiary/aromatic N) is 7. The third kappa shape index (κ3) is 6.10. The number of carbonyl (C=O) groups is 1. The van der Waals surface area contributed by atoms with Crippen molar-refractivity contribution in [3.8, 4) is 23.2 Å². The van der Waals surface area contributed by atoms with Crippen LogP contribution in [0.2, 0.25) is 0 Å². The van der Waals surface area contributed by atoms with Crippen LogP contribution in [0.3, 0.4) is 0 Å². The first kappa shape index (κ1) is 38.2. The highest BCUT2D eigenvalue weighted by atomic mass is 32.1. The molecule has 4 unspecified atom stereocenters. The van der Waals surface area contributed by atoms with Gasteiger partial charge in [-0.1, -0.05) is 6.07 Å². The number of hydrogen-bond acceptors (Lipinski definition) is 9. The molecule has 4 aromatic rings. The fraction of sp³-hybridized carbons (Fsp3) is 0.514. The predicted molar refractivity (Wildman–Crippen MR) is 193 cm³/mol. The van der Waals surface area contributed by atoms with Gasteiger partial charge in [-0.3, -0.25) is 4.90 Å². The molecule has 8 rings (SSSR count). The molecule has 0 radical (unpaired) electrons. The molecule has 0 saturated carbocycles. The van der Waals surface area contributed by atoms with E-state index in [1.807, 2.05) is 4.90 Å². The Bertz CT molecular complexity index is 2290. The van der Waals surface area contributed by atoms with E-state index in [1.54, 1.807) is 34.7 Å². The summed E-state index contributed by atoms with van der Waals surface area (Å²) in [5, 5.41) is 8.56. The summed E-state index contributed by atoms with van der Waals surface area (Å²) in [4.78, 5) is 28.5. The highest BCUT2D eigenvalue weighted by molar-refractivity contribution is 7.23. The fourth-order valence-corrected chi connectivity index (χ4v) is 10.3. The second kappa shape index (κ2) is 13.5. The Labute approximate surface area is 319 Å². The molecule has 0 spiro atoms. The number of thiophene rings is 1. The van der Waals surface area contributed by atoms with Crippen molar-refractivity contribution in [2.45, 2.75) is 75.2 Å². The highest BCUT2D eigenvalue weighted by Gasteiger charge is 2.50. The zero-order chi connectivity index (χ0) is 40.1. The van der Waals surface area contributed by atoms with Crippen molar-refractivity contribution in [2.75, 3.05) is 57.0 Å². The first-order chi connectivity index (χ1) is 26.5. The van der Waals surface area contributed by atoms with Gasteiger partial charge >= 0.3 is 24.4 Å². The molecule has 0 aliphatic carbocycles. The van der Waals surface area contributed by atoms with Gasteiger partial charge in [0, 0.05) is 62.0 Å². The van der Waals surface area contributed by atoms with Gasteiger partial charge in [-0.2, -0.15) is 41.6 Å². The van der Waals surface area contributed by atoms with Gasteiger partial charge in [-0.25, -0.2) is 13.6 Å². The number of ether oxygens (including phenoxy) is 1. The number of nitrogen functional groups attached to an aromatic ring is 1. The van der Waals surface area contributed by atoms with Crippen LogP contribution >= 0.6 is 11.3 Å². The van der Waals surface area contributed by atoms with E-state index in [1.165, 1.54) is 0 Å². The van der Waals surface area contributed by atoms with Gasteiger partial charge in [0.1, 0.15) is 35.5 Å². The van der Waals surface area contributed by atoms with Gasteiger partial charge in [0.25, 0.3) is 0 Å². The van der Waals surface area contributed by atoms with Crippen LogP contribution in [-0.2, 0) is 12.4 Å². The number of halogens is 8. The number of hydrogen-bond donors (Lipinski definition) is 1. The van der Waals surface area contributed by atoms with E-state index in [2.05, 4.69) is 9.97 Å². The van der Waals surface area contributed by atoms with E-state index >= 15 is 30.7 Å². The molecule has 56 heavy (non-hydrogen) atoms. The monoisotopic (exact) mass is 808 g/mol. The van der Waals surface area contributed by atoms with Crippen LogP contribution in [0.5, 0.6) is 6.01 Å². The normalized spacial score (nSPS) is 24.3. The first-order valence-corrected chi connectivity index (χ1v) is 19.0. The Morgan fingerprint density at radius 1 is 1.14 bits per heavy atom. The van der Waals surface area contributed by atoms with E-state index in [0.717, 1.165) is 18.6 Å². The maximum absolute atomic E-state index is 15.7. The lowest BCUT2D eigenvalue weighted by Gasteiger charge is -2.35. The summed E-state index contributed by atoms with van der Waals surface area (Å²) in [6.45, 7) is 2.95. The average Bonchev–Trinajstić information content (AvgIpc) is 3.89. The number of urea groups is 1. The largest absolute Gasteiger partial charge is 0.461 e. The number of rotatable bonds is 7. The Morgan fingerprint density at radius 2 is 1.91 bits per heavy atom. The van der Waals surface area contributed by atoms with Gasteiger partial charge in [0.2, 0.25) is 0 Å². The van der Waals surface area contributed by atoms with Crippen LogP contribution in [0.1, 0.15) is 55.7 Å². The molecule has 0 bridgehead atoms. The average molecular weight is 809 g/mol. The number of fused-ring (bicyclic) bond motifs is 4. The van der Waals surface area contributed by atoms with Gasteiger partial charge in [-0.05, 0) is 56.8 Å². The second-order valence-corrected chi connectivity index (χ2v) is 16.0. The third-order valence-electron chi connectivity index (χ3n) is 11.8. The smallest absolute Gasteiger partial charge is 0.419 e. The Kier molecular flexibility index (Phi) is 9.18. The van der Waals surface area contributed by atoms with Gasteiger partial charge in [-0.15, -0.1) is 11.3 Å². The SMILES string of the molecule is CCN(c1nc(OCC23CCCN2CC(F)C3)nc2c(C(F)(F)F)c(-c3ccc(F)c4sc(N)c(C#N)c34)c(C(F)(F)F)cc12)C1CC2CCN(C)C(=O)N2C1. The molecule has 10 nitrogen and oxygen atoms in total. The van der Waals surface area contributed by atoms with E-state index in [-0.39, 0.29) is 60.3 Å². The number of nitriles is 1. The molecule has 2 amide bonds. The summed E-state index contributed by atoms with van der Waals surface area (Å²) in [7, 11) is 1.65. The van der Waals surface area contributed by atoms with Crippen molar-refractivity contribution >= 4 is 49.2 Å². The minimum absolute atomic E-state index is 0.0742. The molecule has 6 heterocycles. The molecule has 2 aromatic carbocycles. The van der Waals surface area contributed by atoms with Crippen LogP contribution < -0.4 is 15.4 Å². The third-order valence-corrected chi connectivity index (χ3v) is 12.8. The van der Waals surface area contributed by atoms with Crippen molar-refractivity contribution in [3.63, 3.8) is 0 Å². The minimum atomic E-state index is -5.51. The molecule has 4 saturated heterocycles. The second-order valence-electron chi connectivity index (χ2n) is 15.0. The van der Waals surface area contributed by atoms with Gasteiger partial charge < -0.3 is 25.2 Å². The molecule has 4 atom stereocenters. The number of aromatic nitrogens is 2. The minimum Gasteiger partial charge on any atom is -0.461 e. The summed E-state index contributed by atoms with van der Waals surface area (Å²) in [6, 6.07) is 2.23. The van der Waals surface area contributed by atoms with Crippen molar-refractivity contribution in [2.24, 2.45) is 0 Å². The van der Waals surface area contributed by atoms with Crippen LogP contribution in [-0.4, -0.2) is 101 Å². The van der Waals surface area contributed by atoms with Crippen molar-refractivity contribution in [1.82, 2.24) is 24.7 Å². The Hall–Kier alpha value is -4.70. The Morgan fingerprint density at radius 3 is 2.61 bits per heavy atom. The Balaban J connectivity index is 1.40. The predicted octanol–water partition coefficient (Wildman–Crippen LogP) is 7.82. The molecular formula is C37H36F8N8O2S. The molecular weight excluding hydrogens is 773 g/mol. The van der Waals surface area contributed by atoms with Crippen molar-refractivity contribution < 1.29 is 44.7 Å². The number of likely N-dealkylation sites (N-methyl/N-ethyl adjacent to an activating group) is 1. The molecule has 2 N–H and O–H groups in total. The highest BCUT2D eigenvalue weighted by Crippen LogP contribution is 2.52. The summed E-state index contributed by atoms with van der Waals surface area (Å²) in [6.07, 6.45) is -9.67. The summed E-state index contributed by atoms with van der Waals surface area (Å²) >= 11 is 0.533. The van der Waals surface area contributed by atoms with E-state index in [0.29, 0.717) is 49.8 Å².